The highest BCUT2D eigenvalue weighted by Gasteiger charge is 2.31. The van der Waals surface area contributed by atoms with Gasteiger partial charge in [-0.2, -0.15) is 0 Å². The van der Waals surface area contributed by atoms with E-state index in [9.17, 15) is 14.4 Å². The SMILES string of the molecule is COCCOCCn1nnc2c1-c1ccccc1CN(C(=O)CCC(=O)NCCC(C)(C)OCCC(C)(C)C(=O)NC(C)CC(C)C)c1ccccc1-2. The molecule has 12 heteroatoms. The number of anilines is 1. The van der Waals surface area contributed by atoms with Gasteiger partial charge in [-0.05, 0) is 57.6 Å². The predicted octanol–water partition coefficient (Wildman–Crippen LogP) is 6.17. The maximum absolute atomic E-state index is 13.9. The van der Waals surface area contributed by atoms with E-state index in [-0.39, 0.29) is 36.6 Å². The first-order valence-electron chi connectivity index (χ1n) is 18.9. The zero-order valence-electron chi connectivity index (χ0n) is 33.0. The van der Waals surface area contributed by atoms with Crippen LogP contribution >= 0.6 is 0 Å². The van der Waals surface area contributed by atoms with Crippen molar-refractivity contribution in [3.63, 3.8) is 0 Å². The number of carbonyl (C=O) groups is 3. The fourth-order valence-electron chi connectivity index (χ4n) is 6.49. The number of para-hydroxylation sites is 1. The van der Waals surface area contributed by atoms with Gasteiger partial charge < -0.3 is 29.7 Å². The highest BCUT2D eigenvalue weighted by Crippen LogP contribution is 2.41. The van der Waals surface area contributed by atoms with Crippen molar-refractivity contribution in [3.05, 3.63) is 54.1 Å². The van der Waals surface area contributed by atoms with E-state index < -0.39 is 11.0 Å². The summed E-state index contributed by atoms with van der Waals surface area (Å²) in [6.45, 7) is 17.3. The highest BCUT2D eigenvalue weighted by molar-refractivity contribution is 6.01. The van der Waals surface area contributed by atoms with E-state index in [4.69, 9.17) is 14.2 Å². The van der Waals surface area contributed by atoms with Crippen LogP contribution < -0.4 is 15.5 Å². The number of fused-ring (bicyclic) bond motifs is 5. The molecule has 2 heterocycles. The molecule has 1 aliphatic rings. The summed E-state index contributed by atoms with van der Waals surface area (Å²) in [7, 11) is 1.64. The monoisotopic (exact) mass is 732 g/mol. The van der Waals surface area contributed by atoms with E-state index in [2.05, 4.69) is 34.8 Å². The second kappa shape index (κ2) is 19.3. The number of nitrogens with one attached hydrogen (secondary N) is 2. The molecule has 1 atom stereocenters. The highest BCUT2D eigenvalue weighted by atomic mass is 16.5. The molecule has 4 rings (SSSR count). The first-order valence-corrected chi connectivity index (χ1v) is 18.9. The van der Waals surface area contributed by atoms with Gasteiger partial charge in [0.05, 0.1) is 49.9 Å². The molecule has 1 unspecified atom stereocenters. The van der Waals surface area contributed by atoms with Crippen molar-refractivity contribution < 1.29 is 28.6 Å². The molecular formula is C41H60N6O6. The van der Waals surface area contributed by atoms with Gasteiger partial charge in [-0.3, -0.25) is 14.4 Å². The third-order valence-corrected chi connectivity index (χ3v) is 9.62. The number of hydrogen-bond acceptors (Lipinski definition) is 8. The minimum atomic E-state index is -0.558. The van der Waals surface area contributed by atoms with Crippen molar-refractivity contribution in [1.29, 1.82) is 0 Å². The lowest BCUT2D eigenvalue weighted by Gasteiger charge is -2.30. The quantitative estimate of drug-likeness (QED) is 0.132. The zero-order chi connectivity index (χ0) is 38.6. The molecule has 2 N–H and O–H groups in total. The van der Waals surface area contributed by atoms with Crippen molar-refractivity contribution in [2.24, 2.45) is 11.3 Å². The second-order valence-electron chi connectivity index (χ2n) is 15.6. The molecule has 12 nitrogen and oxygen atoms in total. The van der Waals surface area contributed by atoms with E-state index in [1.165, 1.54) is 0 Å². The molecule has 1 aromatic heterocycles. The minimum absolute atomic E-state index is 0.0328. The predicted molar refractivity (Wildman–Crippen MR) is 207 cm³/mol. The summed E-state index contributed by atoms with van der Waals surface area (Å²) >= 11 is 0. The van der Waals surface area contributed by atoms with Crippen LogP contribution in [0.3, 0.4) is 0 Å². The Hall–Kier alpha value is -4.13. The Labute approximate surface area is 315 Å². The van der Waals surface area contributed by atoms with Crippen molar-refractivity contribution in [1.82, 2.24) is 25.6 Å². The summed E-state index contributed by atoms with van der Waals surface area (Å²) in [5.74, 6) is 0.200. The standard InChI is InChI=1S/C41H60N6O6/c1-29(2)27-30(3)43-39(50)40(4,5)20-23-53-41(6,7)19-21-42-35(48)17-18-36(49)46-28-31-13-9-10-14-32(31)38-37(33-15-11-12-16-34(33)46)44-45-47(38)22-24-52-26-25-51-8/h9-16,29-30H,17-28H2,1-8H3,(H,42,48)(H,43,50). The van der Waals surface area contributed by atoms with E-state index in [1.807, 2.05) is 87.8 Å². The fraction of sp³-hybridized carbons (Fsp3) is 0.585. The van der Waals surface area contributed by atoms with Gasteiger partial charge >= 0.3 is 0 Å². The number of hydrogen-bond donors (Lipinski definition) is 2. The summed E-state index contributed by atoms with van der Waals surface area (Å²) in [6, 6.07) is 15.8. The van der Waals surface area contributed by atoms with Crippen LogP contribution in [0.1, 0.15) is 86.1 Å². The van der Waals surface area contributed by atoms with Gasteiger partial charge in [0.2, 0.25) is 17.7 Å². The van der Waals surface area contributed by atoms with Crippen LogP contribution in [0.15, 0.2) is 48.5 Å². The van der Waals surface area contributed by atoms with Gasteiger partial charge in [-0.25, -0.2) is 4.68 Å². The number of carbonyl (C=O) groups excluding carboxylic acids is 3. The first kappa shape index (κ1) is 41.6. The Morgan fingerprint density at radius 3 is 2.34 bits per heavy atom. The molecule has 0 saturated heterocycles. The van der Waals surface area contributed by atoms with Crippen molar-refractivity contribution in [2.45, 2.75) is 105 Å². The molecule has 0 spiro atoms. The number of nitrogens with zero attached hydrogens (tertiary/aromatic N) is 4. The van der Waals surface area contributed by atoms with Gasteiger partial charge in [-0.15, -0.1) is 5.10 Å². The number of amides is 3. The van der Waals surface area contributed by atoms with E-state index in [0.717, 1.165) is 34.5 Å². The number of rotatable bonds is 20. The van der Waals surface area contributed by atoms with E-state index in [1.54, 1.807) is 12.0 Å². The summed E-state index contributed by atoms with van der Waals surface area (Å²) < 4.78 is 18.8. The number of ether oxygens (including phenoxy) is 3. The molecule has 1 aliphatic heterocycles. The largest absolute Gasteiger partial charge is 0.382 e. The lowest BCUT2D eigenvalue weighted by molar-refractivity contribution is -0.132. The molecule has 3 aromatic rings. The summed E-state index contributed by atoms with van der Waals surface area (Å²) in [5, 5.41) is 15.2. The first-order chi connectivity index (χ1) is 25.2. The molecule has 3 amide bonds. The molecule has 0 fully saturated rings. The van der Waals surface area contributed by atoms with Gasteiger partial charge in [-0.1, -0.05) is 75.4 Å². The molecule has 0 saturated carbocycles. The zero-order valence-corrected chi connectivity index (χ0v) is 33.0. The molecular weight excluding hydrogens is 672 g/mol. The van der Waals surface area contributed by atoms with Gasteiger partial charge in [0.1, 0.15) is 5.69 Å². The fourth-order valence-corrected chi connectivity index (χ4v) is 6.49. The van der Waals surface area contributed by atoms with Crippen LogP contribution in [-0.2, 0) is 41.7 Å². The summed E-state index contributed by atoms with van der Waals surface area (Å²) in [4.78, 5) is 41.5. The Bertz CT molecular complexity index is 1670. The second-order valence-corrected chi connectivity index (χ2v) is 15.6. The Balaban J connectivity index is 1.33. The maximum atomic E-state index is 13.9. The van der Waals surface area contributed by atoms with Crippen LogP contribution in [-0.4, -0.2) is 84.4 Å². The smallest absolute Gasteiger partial charge is 0.227 e. The number of aromatic nitrogens is 3. The maximum Gasteiger partial charge on any atom is 0.227 e. The number of benzene rings is 2. The Morgan fingerprint density at radius 1 is 0.887 bits per heavy atom. The molecule has 0 bridgehead atoms. The number of methoxy groups -OCH3 is 1. The third kappa shape index (κ3) is 11.9. The van der Waals surface area contributed by atoms with Crippen LogP contribution in [0.2, 0.25) is 0 Å². The molecule has 0 radical (unpaired) electrons. The Kier molecular flexibility index (Phi) is 15.1. The molecule has 2 aromatic carbocycles. The van der Waals surface area contributed by atoms with Crippen LogP contribution in [0.4, 0.5) is 5.69 Å². The molecule has 53 heavy (non-hydrogen) atoms. The van der Waals surface area contributed by atoms with Crippen molar-refractivity contribution in [2.75, 3.05) is 45.0 Å². The lowest BCUT2D eigenvalue weighted by atomic mass is 9.88. The van der Waals surface area contributed by atoms with Crippen LogP contribution in [0.25, 0.3) is 22.5 Å². The summed E-state index contributed by atoms with van der Waals surface area (Å²) in [6.07, 6.45) is 2.21. The van der Waals surface area contributed by atoms with Gasteiger partial charge in [0.15, 0.2) is 0 Å². The van der Waals surface area contributed by atoms with Crippen LogP contribution in [0, 0.1) is 11.3 Å². The lowest BCUT2D eigenvalue weighted by Crippen LogP contribution is -2.43. The average Bonchev–Trinajstić information content (AvgIpc) is 3.51. The van der Waals surface area contributed by atoms with Crippen molar-refractivity contribution in [3.8, 4) is 22.5 Å². The topological polar surface area (TPSA) is 137 Å². The molecule has 0 aliphatic carbocycles. The summed E-state index contributed by atoms with van der Waals surface area (Å²) in [5.41, 5.74) is 3.93. The van der Waals surface area contributed by atoms with Gasteiger partial charge in [0.25, 0.3) is 0 Å². The van der Waals surface area contributed by atoms with Crippen LogP contribution in [0.5, 0.6) is 0 Å². The normalized spacial score (nSPS) is 13.4. The minimum Gasteiger partial charge on any atom is -0.382 e. The average molecular weight is 733 g/mol. The third-order valence-electron chi connectivity index (χ3n) is 9.62. The van der Waals surface area contributed by atoms with Gasteiger partial charge in [0, 0.05) is 55.7 Å². The van der Waals surface area contributed by atoms with Crippen molar-refractivity contribution >= 4 is 23.4 Å². The molecule has 290 valence electrons. The van der Waals surface area contributed by atoms with E-state index in [0.29, 0.717) is 70.5 Å². The van der Waals surface area contributed by atoms with E-state index >= 15 is 0 Å². The Morgan fingerprint density at radius 2 is 1.60 bits per heavy atom.